The fraction of sp³-hybridized carbons (Fsp3) is 0.467. The van der Waals surface area contributed by atoms with Crippen LogP contribution in [0.15, 0.2) is 100 Å². The molecule has 0 fully saturated rings. The number of nitro groups is 1. The zero-order chi connectivity index (χ0) is 43.7. The second-order valence-electron chi connectivity index (χ2n) is 14.0. The van der Waals surface area contributed by atoms with Gasteiger partial charge in [0.25, 0.3) is 5.69 Å². The smallest absolute Gasteiger partial charge is 0.330 e. The molecule has 0 radical (unpaired) electrons. The fourth-order valence-electron chi connectivity index (χ4n) is 5.94. The molecular formula is C45H60N6O9. The molecule has 0 N–H and O–H groups in total. The maximum Gasteiger partial charge on any atom is 0.330 e. The van der Waals surface area contributed by atoms with Crippen molar-refractivity contribution in [1.29, 1.82) is 0 Å². The summed E-state index contributed by atoms with van der Waals surface area (Å²) < 4.78 is 29.1. The molecule has 0 bridgehead atoms. The van der Waals surface area contributed by atoms with Gasteiger partial charge in [-0.3, -0.25) is 10.1 Å². The molecule has 15 nitrogen and oxygen atoms in total. The van der Waals surface area contributed by atoms with Gasteiger partial charge < -0.3 is 28.6 Å². The summed E-state index contributed by atoms with van der Waals surface area (Å²) in [7, 11) is 1.52. The topological polar surface area (TPSA) is 176 Å². The minimum Gasteiger partial charge on any atom is -0.494 e. The Balaban J connectivity index is 2.09. The molecule has 324 valence electrons. The number of benzene rings is 3. The highest BCUT2D eigenvalue weighted by molar-refractivity contribution is 5.81. The van der Waals surface area contributed by atoms with E-state index in [9.17, 15) is 19.7 Å². The number of carbonyl (C=O) groups is 2. The standard InChI is InChI=1S/C45H60N6O9/c1-8-14-16-33(10-3)31-59-42-30-40(43(60-32-34(11-4)17-15-9-2)29-39(42)48-46-35-18-20-36(21-19-35)51(54)55)49-47-38-23-22-37(28-41(38)56-7)50(24-26-57-44(52)12-5)25-27-58-45(53)13-6/h12-13,18-23,28-30,33-34H,5-6,8-11,14-17,24-27,31-32H2,1-4,7H3/b48-46+,49-47+. The van der Waals surface area contributed by atoms with Crippen LogP contribution in [0.2, 0.25) is 0 Å². The number of rotatable bonds is 29. The summed E-state index contributed by atoms with van der Waals surface area (Å²) in [6.07, 6.45) is 10.4. The van der Waals surface area contributed by atoms with Crippen LogP contribution in [-0.4, -0.2) is 63.5 Å². The van der Waals surface area contributed by atoms with E-state index >= 15 is 0 Å². The van der Waals surface area contributed by atoms with Crippen molar-refractivity contribution in [1.82, 2.24) is 0 Å². The fourth-order valence-corrected chi connectivity index (χ4v) is 5.94. The van der Waals surface area contributed by atoms with Gasteiger partial charge in [-0.25, -0.2) is 9.59 Å². The highest BCUT2D eigenvalue weighted by Gasteiger charge is 2.18. The monoisotopic (exact) mass is 828 g/mol. The summed E-state index contributed by atoms with van der Waals surface area (Å²) in [6.45, 7) is 17.1. The number of ether oxygens (including phenoxy) is 5. The highest BCUT2D eigenvalue weighted by atomic mass is 16.6. The first-order chi connectivity index (χ1) is 29.1. The van der Waals surface area contributed by atoms with E-state index in [-0.39, 0.29) is 18.9 Å². The summed E-state index contributed by atoms with van der Waals surface area (Å²) >= 11 is 0. The minimum absolute atomic E-state index is 0.0451. The van der Waals surface area contributed by atoms with Crippen molar-refractivity contribution < 1.29 is 38.2 Å². The first-order valence-corrected chi connectivity index (χ1v) is 20.6. The lowest BCUT2D eigenvalue weighted by molar-refractivity contribution is -0.384. The SMILES string of the molecule is C=CC(=O)OCCN(CCOC(=O)C=C)c1ccc(/N=N/c2cc(OCC(CC)CCCC)c(/N=N/c3ccc([N+](=O)[O-])cc3)cc2OCC(CC)CCCC)c(OC)c1. The number of azo groups is 2. The molecule has 3 rings (SSSR count). The van der Waals surface area contributed by atoms with Gasteiger partial charge in [-0.15, -0.1) is 15.3 Å². The lowest BCUT2D eigenvalue weighted by Gasteiger charge is -2.25. The molecule has 2 atom stereocenters. The lowest BCUT2D eigenvalue weighted by atomic mass is 10.0. The Hall–Kier alpha value is -6.12. The zero-order valence-electron chi connectivity index (χ0n) is 35.7. The molecule has 0 saturated carbocycles. The molecule has 15 heteroatoms. The molecule has 0 aliphatic rings. The Bertz CT molecular complexity index is 1870. The number of nitrogens with zero attached hydrogens (tertiary/aromatic N) is 6. The van der Waals surface area contributed by atoms with Gasteiger partial charge in [-0.2, -0.15) is 5.11 Å². The first kappa shape index (κ1) is 48.3. The highest BCUT2D eigenvalue weighted by Crippen LogP contribution is 2.43. The summed E-state index contributed by atoms with van der Waals surface area (Å²) in [4.78, 5) is 36.1. The molecule has 2 unspecified atom stereocenters. The maximum atomic E-state index is 11.7. The third-order valence-corrected chi connectivity index (χ3v) is 9.75. The van der Waals surface area contributed by atoms with Crippen LogP contribution in [-0.2, 0) is 19.1 Å². The summed E-state index contributed by atoms with van der Waals surface area (Å²) in [5, 5.41) is 29.5. The largest absolute Gasteiger partial charge is 0.494 e. The molecule has 0 aromatic heterocycles. The van der Waals surface area contributed by atoms with E-state index < -0.39 is 16.9 Å². The van der Waals surface area contributed by atoms with E-state index in [0.717, 1.165) is 63.5 Å². The predicted octanol–water partition coefficient (Wildman–Crippen LogP) is 11.9. The number of anilines is 1. The molecule has 0 amide bonds. The number of unbranched alkanes of at least 4 members (excludes halogenated alkanes) is 2. The number of nitro benzene ring substituents is 1. The molecule has 0 spiro atoms. The van der Waals surface area contributed by atoms with E-state index in [0.29, 0.717) is 83.8 Å². The van der Waals surface area contributed by atoms with Gasteiger partial charge in [-0.05, 0) is 48.9 Å². The van der Waals surface area contributed by atoms with Crippen LogP contribution in [0, 0.1) is 22.0 Å². The van der Waals surface area contributed by atoms with Gasteiger partial charge in [0.15, 0.2) is 0 Å². The predicted molar refractivity (Wildman–Crippen MR) is 233 cm³/mol. The van der Waals surface area contributed by atoms with E-state index in [1.807, 2.05) is 11.0 Å². The number of non-ortho nitro benzene ring substituents is 1. The van der Waals surface area contributed by atoms with Crippen molar-refractivity contribution in [3.05, 3.63) is 90.0 Å². The Labute approximate surface area is 353 Å². The van der Waals surface area contributed by atoms with Crippen LogP contribution in [0.3, 0.4) is 0 Å². The van der Waals surface area contributed by atoms with Gasteiger partial charge in [-0.1, -0.05) is 79.4 Å². The van der Waals surface area contributed by atoms with Gasteiger partial charge in [0, 0.05) is 48.2 Å². The zero-order valence-corrected chi connectivity index (χ0v) is 35.7. The number of methoxy groups -OCH3 is 1. The van der Waals surface area contributed by atoms with Crippen LogP contribution in [0.1, 0.15) is 79.1 Å². The summed E-state index contributed by atoms with van der Waals surface area (Å²) in [5.74, 6) is 0.810. The van der Waals surface area contributed by atoms with E-state index in [2.05, 4.69) is 61.3 Å². The average molecular weight is 829 g/mol. The van der Waals surface area contributed by atoms with Crippen LogP contribution in [0.25, 0.3) is 0 Å². The van der Waals surface area contributed by atoms with Crippen LogP contribution >= 0.6 is 0 Å². The molecule has 0 saturated heterocycles. The second-order valence-corrected chi connectivity index (χ2v) is 14.0. The third-order valence-electron chi connectivity index (χ3n) is 9.75. The molecule has 3 aromatic rings. The van der Waals surface area contributed by atoms with Crippen molar-refractivity contribution in [2.24, 2.45) is 32.3 Å². The number of carbonyl (C=O) groups excluding carboxylic acids is 2. The van der Waals surface area contributed by atoms with E-state index in [1.165, 1.54) is 31.4 Å². The van der Waals surface area contributed by atoms with Crippen molar-refractivity contribution in [3.63, 3.8) is 0 Å². The number of hydrogen-bond donors (Lipinski definition) is 0. The van der Waals surface area contributed by atoms with Gasteiger partial charge in [0.2, 0.25) is 0 Å². The van der Waals surface area contributed by atoms with Crippen molar-refractivity contribution >= 4 is 46.1 Å². The normalized spacial score (nSPS) is 12.2. The molecule has 0 aliphatic heterocycles. The van der Waals surface area contributed by atoms with Gasteiger partial charge in [0.05, 0.1) is 44.0 Å². The van der Waals surface area contributed by atoms with Crippen LogP contribution < -0.4 is 19.1 Å². The Morgan fingerprint density at radius 3 is 1.67 bits per heavy atom. The summed E-state index contributed by atoms with van der Waals surface area (Å²) in [6, 6.07) is 14.7. The maximum absolute atomic E-state index is 11.7. The van der Waals surface area contributed by atoms with Gasteiger partial charge >= 0.3 is 11.9 Å². The Morgan fingerprint density at radius 1 is 0.717 bits per heavy atom. The third kappa shape index (κ3) is 16.3. The molecular weight excluding hydrogens is 769 g/mol. The van der Waals surface area contributed by atoms with E-state index in [1.54, 1.807) is 24.3 Å². The van der Waals surface area contributed by atoms with Crippen molar-refractivity contribution in [3.8, 4) is 17.2 Å². The number of hydrogen-bond acceptors (Lipinski definition) is 14. The minimum atomic E-state index is -0.549. The Morgan fingerprint density at radius 2 is 1.22 bits per heavy atom. The summed E-state index contributed by atoms with van der Waals surface area (Å²) in [5.41, 5.74) is 2.33. The molecule has 0 heterocycles. The average Bonchev–Trinajstić information content (AvgIpc) is 3.27. The first-order valence-electron chi connectivity index (χ1n) is 20.6. The Kier molecular flexibility index (Phi) is 21.5. The van der Waals surface area contributed by atoms with Crippen molar-refractivity contribution in [2.75, 3.05) is 51.5 Å². The second kappa shape index (κ2) is 26.8. The van der Waals surface area contributed by atoms with Gasteiger partial charge in [0.1, 0.15) is 47.5 Å². The molecule has 3 aromatic carbocycles. The molecule has 0 aliphatic carbocycles. The molecule has 60 heavy (non-hydrogen) atoms. The van der Waals surface area contributed by atoms with E-state index in [4.69, 9.17) is 23.7 Å². The number of esters is 2. The van der Waals surface area contributed by atoms with Crippen molar-refractivity contribution in [2.45, 2.75) is 79.1 Å². The van der Waals surface area contributed by atoms with Crippen LogP contribution in [0.4, 0.5) is 34.1 Å². The van der Waals surface area contributed by atoms with Crippen LogP contribution in [0.5, 0.6) is 17.2 Å². The quantitative estimate of drug-likeness (QED) is 0.0215. The lowest BCUT2D eigenvalue weighted by Crippen LogP contribution is -2.32.